The first kappa shape index (κ1) is 13.6. The summed E-state index contributed by atoms with van der Waals surface area (Å²) in [5, 5.41) is 7.08. The van der Waals surface area contributed by atoms with Gasteiger partial charge in [-0.25, -0.2) is 0 Å². The minimum absolute atomic E-state index is 0.0263. The topological polar surface area (TPSA) is 28.7 Å². The molecular weight excluding hydrogens is 232 g/mol. The third kappa shape index (κ3) is 3.14. The van der Waals surface area contributed by atoms with E-state index < -0.39 is 0 Å². The number of rotatable bonds is 4. The van der Waals surface area contributed by atoms with Crippen LogP contribution in [0.1, 0.15) is 39.0 Å². The summed E-state index contributed by atoms with van der Waals surface area (Å²) in [6.45, 7) is 8.86. The first-order chi connectivity index (χ1) is 8.92. The Morgan fingerprint density at radius 3 is 2.11 bits per heavy atom. The van der Waals surface area contributed by atoms with Crippen molar-refractivity contribution in [3.8, 4) is 0 Å². The van der Waals surface area contributed by atoms with Gasteiger partial charge in [0, 0.05) is 22.7 Å². The van der Waals surface area contributed by atoms with E-state index >= 15 is 0 Å². The Bertz CT molecular complexity index is 534. The zero-order valence-electron chi connectivity index (χ0n) is 12.1. The molecule has 0 atom stereocenters. The number of aromatic nitrogens is 2. The Balaban J connectivity index is 2.23. The molecule has 0 saturated heterocycles. The van der Waals surface area contributed by atoms with Crippen LogP contribution >= 0.6 is 0 Å². The second-order valence-electron chi connectivity index (χ2n) is 6.11. The molecule has 1 aromatic heterocycles. The summed E-state index contributed by atoms with van der Waals surface area (Å²) < 4.78 is 0. The van der Waals surface area contributed by atoms with Crippen molar-refractivity contribution in [2.24, 2.45) is 0 Å². The van der Waals surface area contributed by atoms with Gasteiger partial charge in [-0.15, -0.1) is 0 Å². The van der Waals surface area contributed by atoms with Gasteiger partial charge in [-0.3, -0.25) is 5.10 Å². The number of H-pyrrole nitrogens is 1. The maximum absolute atomic E-state index is 4.03. The largest absolute Gasteiger partial charge is 0.282 e. The van der Waals surface area contributed by atoms with Gasteiger partial charge in [0.25, 0.3) is 0 Å². The molecule has 2 aromatic rings. The van der Waals surface area contributed by atoms with Crippen molar-refractivity contribution in [1.82, 2.24) is 10.2 Å². The van der Waals surface area contributed by atoms with Crippen LogP contribution in [0.5, 0.6) is 0 Å². The van der Waals surface area contributed by atoms with Crippen LogP contribution in [0, 0.1) is 0 Å². The Morgan fingerprint density at radius 2 is 1.53 bits per heavy atom. The van der Waals surface area contributed by atoms with E-state index in [4.69, 9.17) is 0 Å². The molecule has 0 aliphatic heterocycles. The van der Waals surface area contributed by atoms with E-state index in [1.54, 1.807) is 6.20 Å². The van der Waals surface area contributed by atoms with Gasteiger partial charge in [-0.05, 0) is 11.6 Å². The lowest BCUT2D eigenvalue weighted by Crippen LogP contribution is -2.18. The van der Waals surface area contributed by atoms with Crippen LogP contribution in [0.2, 0.25) is 0 Å². The van der Waals surface area contributed by atoms with E-state index in [1.165, 1.54) is 5.56 Å². The van der Waals surface area contributed by atoms with Crippen LogP contribution in [-0.2, 0) is 10.8 Å². The smallest absolute Gasteiger partial charge is 0.0490 e. The molecule has 1 N–H and O–H groups in total. The van der Waals surface area contributed by atoms with Gasteiger partial charge in [0.15, 0.2) is 0 Å². The van der Waals surface area contributed by atoms with Crippen LogP contribution in [0.3, 0.4) is 0 Å². The molecule has 1 aromatic carbocycles. The highest BCUT2D eigenvalue weighted by Gasteiger charge is 2.22. The van der Waals surface area contributed by atoms with Gasteiger partial charge in [-0.2, -0.15) is 5.10 Å². The zero-order valence-corrected chi connectivity index (χ0v) is 12.1. The monoisotopic (exact) mass is 254 g/mol. The summed E-state index contributed by atoms with van der Waals surface area (Å²) in [5.41, 5.74) is 2.44. The Kier molecular flexibility index (Phi) is 3.61. The molecule has 2 rings (SSSR count). The van der Waals surface area contributed by atoms with E-state index in [0.29, 0.717) is 0 Å². The van der Waals surface area contributed by atoms with Crippen molar-refractivity contribution in [3.05, 3.63) is 66.0 Å². The van der Waals surface area contributed by atoms with Crippen LogP contribution < -0.4 is 0 Å². The number of nitrogens with zero attached hydrogens (tertiary/aromatic N) is 1. The number of hydrogen-bond donors (Lipinski definition) is 1. The normalized spacial score (nSPS) is 13.1. The molecule has 0 spiro atoms. The number of benzene rings is 1. The lowest BCUT2D eigenvalue weighted by molar-refractivity contribution is 0.610. The van der Waals surface area contributed by atoms with Crippen molar-refractivity contribution in [2.45, 2.75) is 38.5 Å². The van der Waals surface area contributed by atoms with Crippen molar-refractivity contribution >= 4 is 0 Å². The lowest BCUT2D eigenvalue weighted by atomic mass is 9.80. The average molecular weight is 254 g/mol. The standard InChI is InChI=1S/C17H22N2/c1-16(2,14-8-6-5-7-9-14)11-12-17(3,4)15-10-13-18-19-15/h5-13H,1-4H3,(H,18,19)/b12-11+. The minimum atomic E-state index is -0.0391. The van der Waals surface area contributed by atoms with Crippen LogP contribution in [0.4, 0.5) is 0 Å². The van der Waals surface area contributed by atoms with Gasteiger partial charge in [0.1, 0.15) is 0 Å². The molecule has 1 heterocycles. The summed E-state index contributed by atoms with van der Waals surface area (Å²) >= 11 is 0. The highest BCUT2D eigenvalue weighted by molar-refractivity contribution is 5.31. The van der Waals surface area contributed by atoms with E-state index in [-0.39, 0.29) is 10.8 Å². The predicted octanol–water partition coefficient (Wildman–Crippen LogP) is 4.22. The van der Waals surface area contributed by atoms with Crippen molar-refractivity contribution in [2.75, 3.05) is 0 Å². The molecule has 0 fully saturated rings. The fourth-order valence-corrected chi connectivity index (χ4v) is 2.09. The summed E-state index contributed by atoms with van der Waals surface area (Å²) in [5.74, 6) is 0. The maximum atomic E-state index is 4.03. The molecule has 0 saturated carbocycles. The predicted molar refractivity (Wildman–Crippen MR) is 80.2 cm³/mol. The SMILES string of the molecule is CC(C)(/C=C/C(C)(C)c1ccn[nH]1)c1ccccc1. The molecule has 0 amide bonds. The molecule has 100 valence electrons. The fourth-order valence-electron chi connectivity index (χ4n) is 2.09. The molecule has 0 bridgehead atoms. The second kappa shape index (κ2) is 5.04. The molecular formula is C17H22N2. The zero-order chi connectivity index (χ0) is 13.9. The second-order valence-corrected chi connectivity index (χ2v) is 6.11. The Hall–Kier alpha value is -1.83. The van der Waals surface area contributed by atoms with Gasteiger partial charge >= 0.3 is 0 Å². The lowest BCUT2D eigenvalue weighted by Gasteiger charge is -2.24. The third-order valence-corrected chi connectivity index (χ3v) is 3.63. The molecule has 0 unspecified atom stereocenters. The molecule has 19 heavy (non-hydrogen) atoms. The summed E-state index contributed by atoms with van der Waals surface area (Å²) in [6.07, 6.45) is 6.34. The van der Waals surface area contributed by atoms with Gasteiger partial charge < -0.3 is 0 Å². The Morgan fingerprint density at radius 1 is 0.895 bits per heavy atom. The van der Waals surface area contributed by atoms with E-state index in [0.717, 1.165) is 5.69 Å². The molecule has 0 aliphatic carbocycles. The first-order valence-corrected chi connectivity index (χ1v) is 6.68. The van der Waals surface area contributed by atoms with Crippen LogP contribution in [0.25, 0.3) is 0 Å². The summed E-state index contributed by atoms with van der Waals surface area (Å²) in [6, 6.07) is 12.6. The average Bonchev–Trinajstić information content (AvgIpc) is 2.93. The Labute approximate surface area is 115 Å². The molecule has 2 heteroatoms. The third-order valence-electron chi connectivity index (χ3n) is 3.63. The summed E-state index contributed by atoms with van der Waals surface area (Å²) in [7, 11) is 0. The minimum Gasteiger partial charge on any atom is -0.282 e. The number of aromatic amines is 1. The first-order valence-electron chi connectivity index (χ1n) is 6.68. The number of nitrogens with one attached hydrogen (secondary N) is 1. The molecule has 0 radical (unpaired) electrons. The van der Waals surface area contributed by atoms with E-state index in [2.05, 4.69) is 80.4 Å². The highest BCUT2D eigenvalue weighted by atomic mass is 15.1. The van der Waals surface area contributed by atoms with Crippen molar-refractivity contribution < 1.29 is 0 Å². The maximum Gasteiger partial charge on any atom is 0.0490 e. The summed E-state index contributed by atoms with van der Waals surface area (Å²) in [4.78, 5) is 0. The highest BCUT2D eigenvalue weighted by Crippen LogP contribution is 2.29. The number of allylic oxidation sites excluding steroid dienone is 2. The van der Waals surface area contributed by atoms with Crippen LogP contribution in [0.15, 0.2) is 54.7 Å². The van der Waals surface area contributed by atoms with Gasteiger partial charge in [0.2, 0.25) is 0 Å². The van der Waals surface area contributed by atoms with Crippen molar-refractivity contribution in [3.63, 3.8) is 0 Å². The van der Waals surface area contributed by atoms with Gasteiger partial charge in [-0.1, -0.05) is 70.2 Å². The molecule has 2 nitrogen and oxygen atoms in total. The van der Waals surface area contributed by atoms with E-state index in [9.17, 15) is 0 Å². The van der Waals surface area contributed by atoms with Gasteiger partial charge in [0.05, 0.1) is 0 Å². The quantitative estimate of drug-likeness (QED) is 0.813. The fraction of sp³-hybridized carbons (Fsp3) is 0.353. The van der Waals surface area contributed by atoms with E-state index in [1.807, 2.05) is 6.07 Å². The molecule has 0 aliphatic rings. The number of hydrogen-bond acceptors (Lipinski definition) is 1. The van der Waals surface area contributed by atoms with Crippen LogP contribution in [-0.4, -0.2) is 10.2 Å². The van der Waals surface area contributed by atoms with Crippen molar-refractivity contribution in [1.29, 1.82) is 0 Å².